The Labute approximate surface area is 175 Å². The lowest BCUT2D eigenvalue weighted by Crippen LogP contribution is -2.11. The number of nitrogens with zero attached hydrogens (tertiary/aromatic N) is 3. The maximum atomic E-state index is 13.3. The second-order valence-electron chi connectivity index (χ2n) is 6.54. The van der Waals surface area contributed by atoms with E-state index in [0.717, 1.165) is 27.6 Å². The zero-order chi connectivity index (χ0) is 21.1. The number of fused-ring (bicyclic) bond motifs is 1. The molecule has 0 amide bonds. The summed E-state index contributed by atoms with van der Waals surface area (Å²) in [6, 6.07) is 12.2. The van der Waals surface area contributed by atoms with Gasteiger partial charge in [-0.25, -0.2) is 4.98 Å². The van der Waals surface area contributed by atoms with E-state index < -0.39 is 11.9 Å². The van der Waals surface area contributed by atoms with Gasteiger partial charge in [-0.2, -0.15) is 13.2 Å². The van der Waals surface area contributed by atoms with Crippen molar-refractivity contribution >= 4 is 34.2 Å². The van der Waals surface area contributed by atoms with Crippen LogP contribution >= 0.6 is 11.9 Å². The second-order valence-corrected chi connectivity index (χ2v) is 7.59. The SMILES string of the molecule is CNCc1cn(Sc2cccnc2)c2cc(Nc3cccnc3C(F)(F)F)ccc12. The molecule has 4 aromatic rings. The standard InChI is InChI=1S/C21H18F3N5S/c1-25-11-14-13-29(30-16-4-2-8-26-12-16)19-10-15(6-7-17(14)19)28-18-5-3-9-27-20(18)21(22,23)24/h2-10,12-13,25,28H,11H2,1H3. The van der Waals surface area contributed by atoms with E-state index in [1.807, 2.05) is 41.5 Å². The van der Waals surface area contributed by atoms with E-state index in [1.54, 1.807) is 18.5 Å². The Morgan fingerprint density at radius 3 is 2.67 bits per heavy atom. The van der Waals surface area contributed by atoms with Crippen molar-refractivity contribution in [3.05, 3.63) is 78.5 Å². The summed E-state index contributed by atoms with van der Waals surface area (Å²) in [5, 5.41) is 7.04. The third-order valence-corrected chi connectivity index (χ3v) is 5.37. The topological polar surface area (TPSA) is 54.8 Å². The van der Waals surface area contributed by atoms with Crippen LogP contribution in [0.2, 0.25) is 0 Å². The van der Waals surface area contributed by atoms with Crippen LogP contribution in [0.5, 0.6) is 0 Å². The fraction of sp³-hybridized carbons (Fsp3) is 0.143. The van der Waals surface area contributed by atoms with E-state index >= 15 is 0 Å². The molecule has 0 aliphatic carbocycles. The molecule has 0 saturated heterocycles. The van der Waals surface area contributed by atoms with Gasteiger partial charge < -0.3 is 10.6 Å². The molecule has 5 nitrogen and oxygen atoms in total. The molecule has 3 heterocycles. The van der Waals surface area contributed by atoms with E-state index in [0.29, 0.717) is 12.2 Å². The summed E-state index contributed by atoms with van der Waals surface area (Å²) >= 11 is 1.49. The highest BCUT2D eigenvalue weighted by molar-refractivity contribution is 7.98. The van der Waals surface area contributed by atoms with Gasteiger partial charge in [0.05, 0.1) is 11.2 Å². The van der Waals surface area contributed by atoms with Crippen molar-refractivity contribution in [2.75, 3.05) is 12.4 Å². The average molecular weight is 429 g/mol. The van der Waals surface area contributed by atoms with Gasteiger partial charge in [0.1, 0.15) is 0 Å². The van der Waals surface area contributed by atoms with Gasteiger partial charge in [-0.1, -0.05) is 6.07 Å². The normalized spacial score (nSPS) is 11.7. The summed E-state index contributed by atoms with van der Waals surface area (Å²) in [4.78, 5) is 8.59. The quantitative estimate of drug-likeness (QED) is 0.426. The summed E-state index contributed by atoms with van der Waals surface area (Å²) in [7, 11) is 1.87. The molecule has 0 radical (unpaired) electrons. The number of hydrogen-bond acceptors (Lipinski definition) is 5. The first-order valence-electron chi connectivity index (χ1n) is 9.12. The van der Waals surface area contributed by atoms with Crippen LogP contribution < -0.4 is 10.6 Å². The Bertz CT molecular complexity index is 1160. The third kappa shape index (κ3) is 4.27. The van der Waals surface area contributed by atoms with Gasteiger partial charge in [-0.3, -0.25) is 8.96 Å². The fourth-order valence-corrected chi connectivity index (χ4v) is 4.06. The lowest BCUT2D eigenvalue weighted by molar-refractivity contribution is -0.140. The van der Waals surface area contributed by atoms with Crippen molar-refractivity contribution in [1.29, 1.82) is 0 Å². The molecular weight excluding hydrogens is 411 g/mol. The maximum Gasteiger partial charge on any atom is 0.435 e. The first-order chi connectivity index (χ1) is 14.5. The number of pyridine rings is 2. The van der Waals surface area contributed by atoms with Gasteiger partial charge in [-0.15, -0.1) is 0 Å². The minimum atomic E-state index is -4.54. The van der Waals surface area contributed by atoms with Crippen LogP contribution in [0.3, 0.4) is 0 Å². The molecule has 0 aliphatic rings. The Kier molecular flexibility index (Phi) is 5.65. The zero-order valence-electron chi connectivity index (χ0n) is 15.9. The number of halogens is 3. The number of anilines is 2. The van der Waals surface area contributed by atoms with Crippen LogP contribution in [0.15, 0.2) is 72.1 Å². The van der Waals surface area contributed by atoms with Crippen molar-refractivity contribution < 1.29 is 13.2 Å². The largest absolute Gasteiger partial charge is 0.435 e. The molecule has 0 bridgehead atoms. The van der Waals surface area contributed by atoms with Crippen LogP contribution in [0.4, 0.5) is 24.5 Å². The first kappa shape index (κ1) is 20.2. The number of benzene rings is 1. The molecule has 2 N–H and O–H groups in total. The highest BCUT2D eigenvalue weighted by Crippen LogP contribution is 2.36. The van der Waals surface area contributed by atoms with Crippen molar-refractivity contribution in [2.24, 2.45) is 0 Å². The summed E-state index contributed by atoms with van der Waals surface area (Å²) in [5.41, 5.74) is 1.49. The van der Waals surface area contributed by atoms with Crippen LogP contribution in [-0.2, 0) is 12.7 Å². The highest BCUT2D eigenvalue weighted by Gasteiger charge is 2.35. The van der Waals surface area contributed by atoms with Gasteiger partial charge in [0.15, 0.2) is 5.69 Å². The summed E-state index contributed by atoms with van der Waals surface area (Å²) < 4.78 is 41.8. The van der Waals surface area contributed by atoms with Crippen LogP contribution in [0, 0.1) is 0 Å². The molecule has 3 aromatic heterocycles. The molecule has 1 aromatic carbocycles. The van der Waals surface area contributed by atoms with Gasteiger partial charge in [-0.05, 0) is 61.0 Å². The van der Waals surface area contributed by atoms with Gasteiger partial charge in [0, 0.05) is 47.3 Å². The predicted molar refractivity (Wildman–Crippen MR) is 113 cm³/mol. The molecule has 0 spiro atoms. The second kappa shape index (κ2) is 8.37. The Hall–Kier alpha value is -3.04. The number of aromatic nitrogens is 3. The number of alkyl halides is 3. The molecule has 0 aliphatic heterocycles. The minimum absolute atomic E-state index is 0.0854. The molecule has 4 rings (SSSR count). The molecular formula is C21H18F3N5S. The first-order valence-corrected chi connectivity index (χ1v) is 9.89. The van der Waals surface area contributed by atoms with Gasteiger partial charge in [0.25, 0.3) is 0 Å². The minimum Gasteiger partial charge on any atom is -0.354 e. The van der Waals surface area contributed by atoms with E-state index in [2.05, 4.69) is 20.6 Å². The number of hydrogen-bond donors (Lipinski definition) is 2. The van der Waals surface area contributed by atoms with E-state index in [9.17, 15) is 13.2 Å². The number of rotatable bonds is 6. The van der Waals surface area contributed by atoms with E-state index in [4.69, 9.17) is 0 Å². The molecule has 0 fully saturated rings. The fourth-order valence-electron chi connectivity index (χ4n) is 3.15. The Morgan fingerprint density at radius 1 is 1.10 bits per heavy atom. The Balaban J connectivity index is 1.74. The summed E-state index contributed by atoms with van der Waals surface area (Å²) in [6.45, 7) is 0.671. The molecule has 30 heavy (non-hydrogen) atoms. The van der Waals surface area contributed by atoms with Gasteiger partial charge >= 0.3 is 6.18 Å². The van der Waals surface area contributed by atoms with Crippen molar-refractivity contribution in [3.8, 4) is 0 Å². The predicted octanol–water partition coefficient (Wildman–Crippen LogP) is 5.47. The molecule has 0 unspecified atom stereocenters. The van der Waals surface area contributed by atoms with Crippen LogP contribution in [0.25, 0.3) is 10.9 Å². The highest BCUT2D eigenvalue weighted by atomic mass is 32.2. The summed E-state index contributed by atoms with van der Waals surface area (Å²) in [5.74, 6) is 0. The van der Waals surface area contributed by atoms with Crippen molar-refractivity contribution in [3.63, 3.8) is 0 Å². The Morgan fingerprint density at radius 2 is 1.93 bits per heavy atom. The molecule has 0 atom stereocenters. The third-order valence-electron chi connectivity index (χ3n) is 4.41. The number of nitrogens with one attached hydrogen (secondary N) is 2. The van der Waals surface area contributed by atoms with Crippen LogP contribution in [0.1, 0.15) is 11.3 Å². The zero-order valence-corrected chi connectivity index (χ0v) is 16.8. The van der Waals surface area contributed by atoms with Crippen molar-refractivity contribution in [2.45, 2.75) is 17.6 Å². The molecule has 0 saturated carbocycles. The lowest BCUT2D eigenvalue weighted by atomic mass is 10.1. The van der Waals surface area contributed by atoms with E-state index in [-0.39, 0.29) is 5.69 Å². The monoisotopic (exact) mass is 429 g/mol. The van der Waals surface area contributed by atoms with E-state index in [1.165, 1.54) is 24.1 Å². The lowest BCUT2D eigenvalue weighted by Gasteiger charge is -2.13. The molecule has 9 heteroatoms. The average Bonchev–Trinajstić information content (AvgIpc) is 3.05. The van der Waals surface area contributed by atoms with Crippen molar-refractivity contribution in [1.82, 2.24) is 19.3 Å². The van der Waals surface area contributed by atoms with Crippen LogP contribution in [-0.4, -0.2) is 21.0 Å². The summed E-state index contributed by atoms with van der Waals surface area (Å²) in [6.07, 6.45) is 2.09. The molecule has 154 valence electrons. The van der Waals surface area contributed by atoms with Gasteiger partial charge in [0.2, 0.25) is 0 Å². The maximum absolute atomic E-state index is 13.3. The smallest absolute Gasteiger partial charge is 0.354 e.